The van der Waals surface area contributed by atoms with Crippen molar-refractivity contribution in [3.8, 4) is 0 Å². The van der Waals surface area contributed by atoms with Gasteiger partial charge < -0.3 is 17.1 Å². The molecule has 0 spiro atoms. The highest BCUT2D eigenvalue weighted by Gasteiger charge is 2.08. The van der Waals surface area contributed by atoms with Crippen LogP contribution in [0.25, 0.3) is 0 Å². The third-order valence-corrected chi connectivity index (χ3v) is 2.75. The molecule has 0 radical (unpaired) electrons. The van der Waals surface area contributed by atoms with E-state index in [1.54, 1.807) is 4.57 Å². The topological polar surface area (TPSA) is 30.2 Å². The van der Waals surface area contributed by atoms with Gasteiger partial charge in [-0.2, -0.15) is 4.57 Å². The van der Waals surface area contributed by atoms with Gasteiger partial charge in [-0.3, -0.25) is 0 Å². The van der Waals surface area contributed by atoms with E-state index in [0.717, 1.165) is 6.42 Å². The number of carbonyl (C=O) groups excluding carboxylic acids is 1. The molecule has 0 bridgehead atoms. The first-order valence-corrected chi connectivity index (χ1v) is 5.86. The SMILES string of the molecule is COC(=O)C[n+]1ccc(Cc2ccccc2)cc1.[Cl-]. The van der Waals surface area contributed by atoms with Crippen molar-refractivity contribution in [2.45, 2.75) is 13.0 Å². The number of nitrogens with zero attached hydrogens (tertiary/aromatic N) is 1. The molecule has 0 unspecified atom stereocenters. The first-order chi connectivity index (χ1) is 8.78. The van der Waals surface area contributed by atoms with Crippen molar-refractivity contribution >= 4 is 5.97 Å². The number of ether oxygens (including phenoxy) is 1. The minimum absolute atomic E-state index is 0. The van der Waals surface area contributed by atoms with Gasteiger partial charge in [-0.15, -0.1) is 0 Å². The van der Waals surface area contributed by atoms with E-state index in [9.17, 15) is 4.79 Å². The molecule has 0 N–H and O–H groups in total. The molecule has 1 aromatic heterocycles. The van der Waals surface area contributed by atoms with Crippen LogP contribution in [0.4, 0.5) is 0 Å². The minimum Gasteiger partial charge on any atom is -1.00 e. The number of methoxy groups -OCH3 is 1. The van der Waals surface area contributed by atoms with E-state index in [1.165, 1.54) is 18.2 Å². The molecule has 0 aliphatic carbocycles. The molecule has 2 rings (SSSR count). The third-order valence-electron chi connectivity index (χ3n) is 2.75. The first-order valence-electron chi connectivity index (χ1n) is 5.86. The van der Waals surface area contributed by atoms with E-state index in [4.69, 9.17) is 0 Å². The molecule has 0 aliphatic heterocycles. The van der Waals surface area contributed by atoms with Crippen molar-refractivity contribution in [1.82, 2.24) is 0 Å². The van der Waals surface area contributed by atoms with Gasteiger partial charge >= 0.3 is 5.97 Å². The van der Waals surface area contributed by atoms with Crippen molar-refractivity contribution in [2.75, 3.05) is 7.11 Å². The van der Waals surface area contributed by atoms with Crippen LogP contribution in [0.15, 0.2) is 54.9 Å². The van der Waals surface area contributed by atoms with Crippen LogP contribution in [-0.4, -0.2) is 13.1 Å². The van der Waals surface area contributed by atoms with E-state index >= 15 is 0 Å². The van der Waals surface area contributed by atoms with Crippen LogP contribution in [0.2, 0.25) is 0 Å². The number of carbonyl (C=O) groups is 1. The molecule has 1 aromatic carbocycles. The largest absolute Gasteiger partial charge is 1.00 e. The second kappa shape index (κ2) is 7.54. The Morgan fingerprint density at radius 2 is 1.63 bits per heavy atom. The quantitative estimate of drug-likeness (QED) is 0.516. The number of pyridine rings is 1. The van der Waals surface area contributed by atoms with Gasteiger partial charge in [0, 0.05) is 12.1 Å². The van der Waals surface area contributed by atoms with Gasteiger partial charge in [0.1, 0.15) is 0 Å². The Bertz CT molecular complexity index is 511. The zero-order chi connectivity index (χ0) is 12.8. The fourth-order valence-electron chi connectivity index (χ4n) is 1.76. The minimum atomic E-state index is -0.240. The van der Waals surface area contributed by atoms with Gasteiger partial charge in [0.15, 0.2) is 12.4 Å². The van der Waals surface area contributed by atoms with Crippen molar-refractivity contribution in [3.05, 3.63) is 66.0 Å². The monoisotopic (exact) mass is 277 g/mol. The average Bonchev–Trinajstić information content (AvgIpc) is 2.42. The number of benzene rings is 1. The number of hydrogen-bond donors (Lipinski definition) is 0. The Balaban J connectivity index is 0.00000180. The fraction of sp³-hybridized carbons (Fsp3) is 0.200. The highest BCUT2D eigenvalue weighted by Crippen LogP contribution is 2.07. The summed E-state index contributed by atoms with van der Waals surface area (Å²) in [7, 11) is 1.40. The van der Waals surface area contributed by atoms with Crippen LogP contribution in [0, 0.1) is 0 Å². The third kappa shape index (κ3) is 4.72. The van der Waals surface area contributed by atoms with E-state index < -0.39 is 0 Å². The number of rotatable bonds is 4. The van der Waals surface area contributed by atoms with Crippen molar-refractivity contribution in [1.29, 1.82) is 0 Å². The maximum absolute atomic E-state index is 11.1. The normalized spacial score (nSPS) is 9.53. The Labute approximate surface area is 119 Å². The first kappa shape index (κ1) is 15.2. The molecule has 0 amide bonds. The summed E-state index contributed by atoms with van der Waals surface area (Å²) in [5.41, 5.74) is 2.51. The molecular weight excluding hydrogens is 262 g/mol. The lowest BCUT2D eigenvalue weighted by Gasteiger charge is -2.01. The Hall–Kier alpha value is -1.87. The Morgan fingerprint density at radius 1 is 1.05 bits per heavy atom. The predicted octanol–water partition coefficient (Wildman–Crippen LogP) is -1.26. The lowest BCUT2D eigenvalue weighted by Crippen LogP contribution is -3.00. The zero-order valence-corrected chi connectivity index (χ0v) is 11.5. The molecule has 1 heterocycles. The van der Waals surface area contributed by atoms with E-state index in [1.807, 2.05) is 42.7 Å². The predicted molar refractivity (Wildman–Crippen MR) is 67.9 cm³/mol. The number of esters is 1. The van der Waals surface area contributed by atoms with Gasteiger partial charge in [0.25, 0.3) is 0 Å². The molecule has 0 saturated heterocycles. The maximum Gasteiger partial charge on any atom is 0.372 e. The van der Waals surface area contributed by atoms with Crippen LogP contribution < -0.4 is 17.0 Å². The standard InChI is InChI=1S/C15H16NO2.ClH/c1-18-15(17)12-16-9-7-14(8-10-16)11-13-5-3-2-4-6-13;/h2-10H,11-12H2,1H3;1H/q+1;/p-1. The van der Waals surface area contributed by atoms with E-state index in [2.05, 4.69) is 16.9 Å². The summed E-state index contributed by atoms with van der Waals surface area (Å²) >= 11 is 0. The number of hydrogen-bond acceptors (Lipinski definition) is 2. The summed E-state index contributed by atoms with van der Waals surface area (Å²) in [5.74, 6) is -0.240. The van der Waals surface area contributed by atoms with Crippen molar-refractivity contribution in [2.24, 2.45) is 0 Å². The van der Waals surface area contributed by atoms with Crippen LogP contribution in [0.3, 0.4) is 0 Å². The van der Waals surface area contributed by atoms with Crippen LogP contribution in [-0.2, 0) is 22.5 Å². The molecule has 2 aromatic rings. The molecular formula is C15H16ClNO2. The summed E-state index contributed by atoms with van der Waals surface area (Å²) in [4.78, 5) is 11.1. The summed E-state index contributed by atoms with van der Waals surface area (Å²) in [6, 6.07) is 14.3. The summed E-state index contributed by atoms with van der Waals surface area (Å²) in [6.45, 7) is 0.252. The van der Waals surface area contributed by atoms with E-state index in [-0.39, 0.29) is 24.9 Å². The van der Waals surface area contributed by atoms with Crippen molar-refractivity contribution in [3.63, 3.8) is 0 Å². The smallest absolute Gasteiger partial charge is 0.372 e. The molecule has 19 heavy (non-hydrogen) atoms. The van der Waals surface area contributed by atoms with Gasteiger partial charge in [-0.25, -0.2) is 4.79 Å². The highest BCUT2D eigenvalue weighted by molar-refractivity contribution is 5.67. The van der Waals surface area contributed by atoms with Gasteiger partial charge in [0.2, 0.25) is 6.54 Å². The molecule has 0 atom stereocenters. The van der Waals surface area contributed by atoms with Gasteiger partial charge in [-0.1, -0.05) is 30.3 Å². The number of halogens is 1. The van der Waals surface area contributed by atoms with Crippen LogP contribution in [0.5, 0.6) is 0 Å². The molecule has 0 saturated carbocycles. The summed E-state index contributed by atoms with van der Waals surface area (Å²) in [5, 5.41) is 0. The second-order valence-corrected chi connectivity index (χ2v) is 4.12. The second-order valence-electron chi connectivity index (χ2n) is 4.12. The van der Waals surface area contributed by atoms with Gasteiger partial charge in [0.05, 0.1) is 7.11 Å². The summed E-state index contributed by atoms with van der Waals surface area (Å²) in [6.07, 6.45) is 4.70. The summed E-state index contributed by atoms with van der Waals surface area (Å²) < 4.78 is 6.43. The molecule has 4 heteroatoms. The number of aromatic nitrogens is 1. The lowest BCUT2D eigenvalue weighted by atomic mass is 10.1. The highest BCUT2D eigenvalue weighted by atomic mass is 35.5. The molecule has 100 valence electrons. The zero-order valence-electron chi connectivity index (χ0n) is 10.8. The van der Waals surface area contributed by atoms with Crippen molar-refractivity contribution < 1.29 is 26.5 Å². The van der Waals surface area contributed by atoms with E-state index in [0.29, 0.717) is 0 Å². The average molecular weight is 278 g/mol. The molecule has 0 fully saturated rings. The van der Waals surface area contributed by atoms with Crippen LogP contribution in [0.1, 0.15) is 11.1 Å². The Morgan fingerprint density at radius 3 is 2.21 bits per heavy atom. The lowest BCUT2D eigenvalue weighted by molar-refractivity contribution is -0.685. The maximum atomic E-state index is 11.1. The van der Waals surface area contributed by atoms with Crippen LogP contribution >= 0.6 is 0 Å². The molecule has 3 nitrogen and oxygen atoms in total. The van der Waals surface area contributed by atoms with Gasteiger partial charge in [-0.05, 0) is 17.5 Å². The Kier molecular flexibility index (Phi) is 6.03. The fourth-order valence-corrected chi connectivity index (χ4v) is 1.76. The molecule has 0 aliphatic rings.